The minimum Gasteiger partial charge on any atom is -0.423 e. The second kappa shape index (κ2) is 4.53. The number of aromatic nitrogens is 1. The summed E-state index contributed by atoms with van der Waals surface area (Å²) in [5, 5.41) is 0. The molecule has 2 N–H and O–H groups in total. The van der Waals surface area contributed by atoms with Gasteiger partial charge in [-0.1, -0.05) is 35.8 Å². The maximum absolute atomic E-state index is 5.65. The number of benzene rings is 1. The number of nitrogens with zero attached hydrogens (tertiary/aromatic N) is 1. The predicted molar refractivity (Wildman–Crippen MR) is 72.9 cm³/mol. The summed E-state index contributed by atoms with van der Waals surface area (Å²) in [6.45, 7) is 6.20. The zero-order valence-electron chi connectivity index (χ0n) is 10.1. The standard InChI is InChI=1S/C13H15BrN2O/c1-7(2)11-12(17-13(15)16-11)10-6-9(14)5-4-8(10)3/h4-7H,1-3H3,(H2,15,16). The normalized spacial score (nSPS) is 11.1. The highest BCUT2D eigenvalue weighted by Crippen LogP contribution is 2.34. The third kappa shape index (κ3) is 2.36. The maximum atomic E-state index is 5.65. The largest absolute Gasteiger partial charge is 0.423 e. The first-order valence-corrected chi connectivity index (χ1v) is 6.31. The van der Waals surface area contributed by atoms with E-state index in [1.54, 1.807) is 0 Å². The van der Waals surface area contributed by atoms with Gasteiger partial charge >= 0.3 is 0 Å². The van der Waals surface area contributed by atoms with Gasteiger partial charge in [0.05, 0.1) is 5.69 Å². The molecule has 1 heterocycles. The van der Waals surface area contributed by atoms with E-state index in [4.69, 9.17) is 10.2 Å². The second-order valence-corrected chi connectivity index (χ2v) is 5.30. The van der Waals surface area contributed by atoms with E-state index in [0.717, 1.165) is 27.1 Å². The summed E-state index contributed by atoms with van der Waals surface area (Å²) in [4.78, 5) is 4.25. The first-order chi connectivity index (χ1) is 7.99. The Labute approximate surface area is 109 Å². The number of hydrogen-bond acceptors (Lipinski definition) is 3. The van der Waals surface area contributed by atoms with Crippen LogP contribution in [0.2, 0.25) is 0 Å². The van der Waals surface area contributed by atoms with E-state index >= 15 is 0 Å². The molecule has 0 radical (unpaired) electrons. The molecule has 17 heavy (non-hydrogen) atoms. The van der Waals surface area contributed by atoms with Gasteiger partial charge in [0.2, 0.25) is 0 Å². The van der Waals surface area contributed by atoms with Crippen molar-refractivity contribution in [3.05, 3.63) is 33.9 Å². The van der Waals surface area contributed by atoms with Gasteiger partial charge < -0.3 is 10.2 Å². The number of anilines is 1. The van der Waals surface area contributed by atoms with Crippen LogP contribution >= 0.6 is 15.9 Å². The van der Waals surface area contributed by atoms with Crippen LogP contribution in [0.15, 0.2) is 27.1 Å². The van der Waals surface area contributed by atoms with Crippen molar-refractivity contribution in [3.8, 4) is 11.3 Å². The van der Waals surface area contributed by atoms with E-state index in [2.05, 4.69) is 34.8 Å². The van der Waals surface area contributed by atoms with Crippen molar-refractivity contribution in [1.82, 2.24) is 4.98 Å². The van der Waals surface area contributed by atoms with E-state index in [9.17, 15) is 0 Å². The highest BCUT2D eigenvalue weighted by Gasteiger charge is 2.18. The first-order valence-electron chi connectivity index (χ1n) is 5.51. The molecule has 1 aromatic heterocycles. The van der Waals surface area contributed by atoms with E-state index in [-0.39, 0.29) is 11.9 Å². The molecule has 0 saturated carbocycles. The van der Waals surface area contributed by atoms with Gasteiger partial charge in [0, 0.05) is 10.0 Å². The summed E-state index contributed by atoms with van der Waals surface area (Å²) in [5.41, 5.74) is 8.74. The van der Waals surface area contributed by atoms with Crippen LogP contribution in [-0.2, 0) is 0 Å². The lowest BCUT2D eigenvalue weighted by Crippen LogP contribution is -1.92. The van der Waals surface area contributed by atoms with Gasteiger partial charge in [-0.15, -0.1) is 0 Å². The van der Waals surface area contributed by atoms with E-state index in [1.165, 1.54) is 0 Å². The first kappa shape index (κ1) is 12.2. The van der Waals surface area contributed by atoms with Crippen LogP contribution in [-0.4, -0.2) is 4.98 Å². The average molecular weight is 295 g/mol. The fourth-order valence-corrected chi connectivity index (χ4v) is 2.13. The quantitative estimate of drug-likeness (QED) is 0.906. The Kier molecular flexibility index (Phi) is 3.24. The number of nitrogens with two attached hydrogens (primary N) is 1. The molecule has 3 nitrogen and oxygen atoms in total. The predicted octanol–water partition coefficient (Wildman–Crippen LogP) is 4.12. The van der Waals surface area contributed by atoms with Crippen molar-refractivity contribution >= 4 is 21.9 Å². The van der Waals surface area contributed by atoms with Crippen molar-refractivity contribution < 1.29 is 4.42 Å². The highest BCUT2D eigenvalue weighted by molar-refractivity contribution is 9.10. The summed E-state index contributed by atoms with van der Waals surface area (Å²) in [6, 6.07) is 6.31. The fraction of sp³-hybridized carbons (Fsp3) is 0.308. The van der Waals surface area contributed by atoms with Crippen LogP contribution in [0.25, 0.3) is 11.3 Å². The Morgan fingerprint density at radius 2 is 2.06 bits per heavy atom. The van der Waals surface area contributed by atoms with Crippen molar-refractivity contribution in [2.24, 2.45) is 0 Å². The van der Waals surface area contributed by atoms with Crippen molar-refractivity contribution in [3.63, 3.8) is 0 Å². The molecule has 4 heteroatoms. The summed E-state index contributed by atoms with van der Waals surface area (Å²) in [5.74, 6) is 1.06. The third-order valence-electron chi connectivity index (χ3n) is 2.66. The molecule has 0 bridgehead atoms. The van der Waals surface area contributed by atoms with Gasteiger partial charge in [0.25, 0.3) is 6.01 Å². The Balaban J connectivity index is 2.63. The number of halogens is 1. The molecule has 1 aromatic carbocycles. The molecular formula is C13H15BrN2O. The summed E-state index contributed by atoms with van der Waals surface area (Å²) in [6.07, 6.45) is 0. The molecular weight excluding hydrogens is 280 g/mol. The molecule has 2 aromatic rings. The van der Waals surface area contributed by atoms with E-state index in [1.807, 2.05) is 25.1 Å². The minimum absolute atomic E-state index is 0.225. The van der Waals surface area contributed by atoms with Gasteiger partial charge in [0.1, 0.15) is 0 Å². The lowest BCUT2D eigenvalue weighted by molar-refractivity contribution is 0.591. The fourth-order valence-electron chi connectivity index (χ4n) is 1.77. The van der Waals surface area contributed by atoms with Crippen LogP contribution in [0, 0.1) is 6.92 Å². The Hall–Kier alpha value is -1.29. The molecule has 0 aliphatic rings. The number of nitrogen functional groups attached to an aromatic ring is 1. The van der Waals surface area contributed by atoms with Crippen LogP contribution in [0.1, 0.15) is 31.0 Å². The number of aryl methyl sites for hydroxylation is 1. The molecule has 0 spiro atoms. The lowest BCUT2D eigenvalue weighted by Gasteiger charge is -2.07. The van der Waals surface area contributed by atoms with E-state index in [0.29, 0.717) is 0 Å². The van der Waals surface area contributed by atoms with Crippen LogP contribution in [0.4, 0.5) is 6.01 Å². The van der Waals surface area contributed by atoms with E-state index < -0.39 is 0 Å². The Bertz CT molecular complexity index is 546. The number of hydrogen-bond donors (Lipinski definition) is 1. The number of oxazole rings is 1. The zero-order valence-corrected chi connectivity index (χ0v) is 11.7. The Morgan fingerprint density at radius 1 is 1.35 bits per heavy atom. The van der Waals surface area contributed by atoms with Crippen molar-refractivity contribution in [2.45, 2.75) is 26.7 Å². The van der Waals surface area contributed by atoms with Gasteiger partial charge in [-0.05, 0) is 30.5 Å². The van der Waals surface area contributed by atoms with Crippen molar-refractivity contribution in [1.29, 1.82) is 0 Å². The molecule has 0 saturated heterocycles. The Morgan fingerprint density at radius 3 is 2.71 bits per heavy atom. The molecule has 0 amide bonds. The van der Waals surface area contributed by atoms with Gasteiger partial charge in [-0.3, -0.25) is 0 Å². The SMILES string of the molecule is Cc1ccc(Br)cc1-c1oc(N)nc1C(C)C. The minimum atomic E-state index is 0.225. The second-order valence-electron chi connectivity index (χ2n) is 4.38. The smallest absolute Gasteiger partial charge is 0.292 e. The molecule has 90 valence electrons. The molecule has 0 atom stereocenters. The van der Waals surface area contributed by atoms with Crippen LogP contribution < -0.4 is 5.73 Å². The maximum Gasteiger partial charge on any atom is 0.292 e. The zero-order chi connectivity index (χ0) is 12.6. The molecule has 2 rings (SSSR count). The van der Waals surface area contributed by atoms with Crippen LogP contribution in [0.3, 0.4) is 0 Å². The molecule has 0 aliphatic heterocycles. The topological polar surface area (TPSA) is 52.0 Å². The summed E-state index contributed by atoms with van der Waals surface area (Å²) in [7, 11) is 0. The molecule has 0 fully saturated rings. The summed E-state index contributed by atoms with van der Waals surface area (Å²) < 4.78 is 6.56. The molecule has 0 unspecified atom stereocenters. The average Bonchev–Trinajstić information content (AvgIpc) is 2.64. The molecule has 0 aliphatic carbocycles. The van der Waals surface area contributed by atoms with Crippen LogP contribution in [0.5, 0.6) is 0 Å². The lowest BCUT2D eigenvalue weighted by atomic mass is 10.0. The number of rotatable bonds is 2. The third-order valence-corrected chi connectivity index (χ3v) is 3.15. The monoisotopic (exact) mass is 294 g/mol. The van der Waals surface area contributed by atoms with Gasteiger partial charge in [0.15, 0.2) is 5.76 Å². The highest BCUT2D eigenvalue weighted by atomic mass is 79.9. The van der Waals surface area contributed by atoms with Crippen molar-refractivity contribution in [2.75, 3.05) is 5.73 Å². The summed E-state index contributed by atoms with van der Waals surface area (Å²) >= 11 is 3.47. The van der Waals surface area contributed by atoms with Gasteiger partial charge in [-0.25, -0.2) is 0 Å². The van der Waals surface area contributed by atoms with Gasteiger partial charge in [-0.2, -0.15) is 4.98 Å².